The molecule has 0 aliphatic rings. The summed E-state index contributed by atoms with van der Waals surface area (Å²) in [5.41, 5.74) is 2.84. The van der Waals surface area contributed by atoms with E-state index in [0.29, 0.717) is 11.3 Å². The number of nitrogens with zero attached hydrogens (tertiary/aromatic N) is 2. The van der Waals surface area contributed by atoms with Crippen molar-refractivity contribution in [1.82, 2.24) is 9.38 Å². The van der Waals surface area contributed by atoms with Crippen molar-refractivity contribution in [2.75, 3.05) is 5.32 Å². The molecule has 1 aromatic carbocycles. The molecule has 1 N–H and O–H groups in total. The molecular formula is C20H21N3O2. The van der Waals surface area contributed by atoms with E-state index in [1.165, 1.54) is 16.2 Å². The van der Waals surface area contributed by atoms with Crippen LogP contribution in [0.4, 0.5) is 5.69 Å². The number of fused-ring (bicyclic) bond motifs is 1. The molecule has 0 saturated heterocycles. The average Bonchev–Trinajstić information content (AvgIpc) is 2.61. The minimum Gasteiger partial charge on any atom is -0.322 e. The van der Waals surface area contributed by atoms with Gasteiger partial charge in [0, 0.05) is 17.6 Å². The minimum atomic E-state index is -0.448. The van der Waals surface area contributed by atoms with Crippen molar-refractivity contribution >= 4 is 17.2 Å². The highest BCUT2D eigenvalue weighted by Gasteiger charge is 2.14. The molecule has 25 heavy (non-hydrogen) atoms. The summed E-state index contributed by atoms with van der Waals surface area (Å²) in [5.74, 6) is -0.448. The molecule has 5 heteroatoms. The van der Waals surface area contributed by atoms with Crippen LogP contribution in [-0.2, 0) is 6.42 Å². The van der Waals surface area contributed by atoms with Crippen LogP contribution in [-0.4, -0.2) is 15.3 Å². The Labute approximate surface area is 146 Å². The number of pyridine rings is 1. The molecule has 128 valence electrons. The van der Waals surface area contributed by atoms with Crippen LogP contribution in [0.2, 0.25) is 0 Å². The molecular weight excluding hydrogens is 314 g/mol. The van der Waals surface area contributed by atoms with Gasteiger partial charge in [-0.25, -0.2) is 4.98 Å². The smallest absolute Gasteiger partial charge is 0.270 e. The molecule has 0 saturated carbocycles. The molecule has 3 rings (SSSR count). The molecule has 0 fully saturated rings. The largest absolute Gasteiger partial charge is 0.322 e. The van der Waals surface area contributed by atoms with Gasteiger partial charge in [0.25, 0.3) is 11.5 Å². The van der Waals surface area contributed by atoms with Crippen molar-refractivity contribution in [1.29, 1.82) is 0 Å². The first-order valence-corrected chi connectivity index (χ1v) is 8.48. The Morgan fingerprint density at radius 3 is 2.64 bits per heavy atom. The molecule has 0 radical (unpaired) electrons. The van der Waals surface area contributed by atoms with Crippen LogP contribution < -0.4 is 10.9 Å². The number of carbonyl (C=O) groups excluding carboxylic acids is 1. The van der Waals surface area contributed by atoms with E-state index in [0.717, 1.165) is 25.0 Å². The summed E-state index contributed by atoms with van der Waals surface area (Å²) < 4.78 is 1.45. The summed E-state index contributed by atoms with van der Waals surface area (Å²) in [6, 6.07) is 13.1. The second-order valence-electron chi connectivity index (χ2n) is 6.09. The number of benzene rings is 1. The lowest BCUT2D eigenvalue weighted by atomic mass is 10.1. The molecule has 5 nitrogen and oxygen atoms in total. The monoisotopic (exact) mass is 335 g/mol. The first kappa shape index (κ1) is 16.9. The fourth-order valence-electron chi connectivity index (χ4n) is 2.76. The zero-order chi connectivity index (χ0) is 17.8. The Bertz CT molecular complexity index is 959. The average molecular weight is 335 g/mol. The van der Waals surface area contributed by atoms with Crippen molar-refractivity contribution in [3.63, 3.8) is 0 Å². The van der Waals surface area contributed by atoms with Crippen LogP contribution in [0.25, 0.3) is 5.65 Å². The van der Waals surface area contributed by atoms with E-state index in [-0.39, 0.29) is 11.1 Å². The van der Waals surface area contributed by atoms with E-state index >= 15 is 0 Å². The van der Waals surface area contributed by atoms with E-state index in [9.17, 15) is 9.59 Å². The number of hydrogen-bond acceptors (Lipinski definition) is 3. The van der Waals surface area contributed by atoms with Crippen molar-refractivity contribution < 1.29 is 4.79 Å². The van der Waals surface area contributed by atoms with Gasteiger partial charge < -0.3 is 5.32 Å². The second kappa shape index (κ2) is 7.30. The Morgan fingerprint density at radius 2 is 1.92 bits per heavy atom. The number of aryl methyl sites for hydroxylation is 2. The predicted molar refractivity (Wildman–Crippen MR) is 99.2 cm³/mol. The van der Waals surface area contributed by atoms with Gasteiger partial charge in [0.05, 0.1) is 0 Å². The first-order valence-electron chi connectivity index (χ1n) is 8.48. The molecule has 0 spiro atoms. The lowest BCUT2D eigenvalue weighted by Gasteiger charge is -2.08. The number of hydrogen-bond donors (Lipinski definition) is 1. The van der Waals surface area contributed by atoms with Gasteiger partial charge in [-0.1, -0.05) is 31.5 Å². The summed E-state index contributed by atoms with van der Waals surface area (Å²) in [6.07, 6.45) is 4.66. The Kier molecular flexibility index (Phi) is 4.93. The highest BCUT2D eigenvalue weighted by molar-refractivity contribution is 6.03. The maximum atomic E-state index is 12.6. The normalized spacial score (nSPS) is 10.8. The third kappa shape index (κ3) is 3.60. The number of rotatable bonds is 5. The molecule has 0 aliphatic carbocycles. The maximum absolute atomic E-state index is 12.6. The molecule has 3 aromatic rings. The number of anilines is 1. The lowest BCUT2D eigenvalue weighted by molar-refractivity contribution is 0.102. The highest BCUT2D eigenvalue weighted by atomic mass is 16.2. The summed E-state index contributed by atoms with van der Waals surface area (Å²) in [7, 11) is 0. The topological polar surface area (TPSA) is 63.5 Å². The van der Waals surface area contributed by atoms with Crippen LogP contribution in [0.15, 0.2) is 53.5 Å². The molecule has 1 amide bonds. The van der Waals surface area contributed by atoms with Crippen molar-refractivity contribution in [3.8, 4) is 0 Å². The highest BCUT2D eigenvalue weighted by Crippen LogP contribution is 2.13. The molecule has 0 atom stereocenters. The zero-order valence-electron chi connectivity index (χ0n) is 14.5. The molecule has 2 aromatic heterocycles. The number of amides is 1. The fraction of sp³-hybridized carbons (Fsp3) is 0.250. The standard InChI is InChI=1S/C20H21N3O2/c1-3-4-7-15-9-11-16(12-10-15)22-19(24)17-13-21-18-8-5-6-14(2)23(18)20(17)25/h5-6,8-13H,3-4,7H2,1-2H3,(H,22,24). The van der Waals surface area contributed by atoms with Gasteiger partial charge in [-0.2, -0.15) is 0 Å². The van der Waals surface area contributed by atoms with Gasteiger partial charge >= 0.3 is 0 Å². The van der Waals surface area contributed by atoms with E-state index in [4.69, 9.17) is 0 Å². The van der Waals surface area contributed by atoms with E-state index < -0.39 is 5.91 Å². The number of nitrogens with one attached hydrogen (secondary N) is 1. The van der Waals surface area contributed by atoms with Crippen LogP contribution in [0.5, 0.6) is 0 Å². The quantitative estimate of drug-likeness (QED) is 0.775. The van der Waals surface area contributed by atoms with Crippen molar-refractivity contribution in [2.45, 2.75) is 33.1 Å². The van der Waals surface area contributed by atoms with E-state index in [1.54, 1.807) is 6.07 Å². The summed E-state index contributed by atoms with van der Waals surface area (Å²) in [4.78, 5) is 29.3. The van der Waals surface area contributed by atoms with Crippen molar-refractivity contribution in [2.24, 2.45) is 0 Å². The van der Waals surface area contributed by atoms with Gasteiger partial charge in [0.15, 0.2) is 0 Å². The van der Waals surface area contributed by atoms with Crippen molar-refractivity contribution in [3.05, 3.63) is 75.8 Å². The van der Waals surface area contributed by atoms with Crippen LogP contribution in [0.3, 0.4) is 0 Å². The van der Waals surface area contributed by atoms with Gasteiger partial charge in [-0.3, -0.25) is 14.0 Å². The van der Waals surface area contributed by atoms with E-state index in [2.05, 4.69) is 17.2 Å². The second-order valence-corrected chi connectivity index (χ2v) is 6.09. The third-order valence-corrected chi connectivity index (χ3v) is 4.20. The van der Waals surface area contributed by atoms with Gasteiger partial charge in [0.1, 0.15) is 11.2 Å². The first-order chi connectivity index (χ1) is 12.1. The van der Waals surface area contributed by atoms with Gasteiger partial charge in [-0.15, -0.1) is 0 Å². The Morgan fingerprint density at radius 1 is 1.16 bits per heavy atom. The fourth-order valence-corrected chi connectivity index (χ4v) is 2.76. The van der Waals surface area contributed by atoms with E-state index in [1.807, 2.05) is 43.3 Å². The number of carbonyl (C=O) groups is 1. The predicted octanol–water partition coefficient (Wildman–Crippen LogP) is 3.60. The zero-order valence-corrected chi connectivity index (χ0v) is 14.5. The van der Waals surface area contributed by atoms with Gasteiger partial charge in [0.2, 0.25) is 0 Å². The lowest BCUT2D eigenvalue weighted by Crippen LogP contribution is -2.27. The Balaban J connectivity index is 1.84. The van der Waals surface area contributed by atoms with Crippen LogP contribution >= 0.6 is 0 Å². The maximum Gasteiger partial charge on any atom is 0.270 e. The van der Waals surface area contributed by atoms with Gasteiger partial charge in [-0.05, 0) is 49.6 Å². The molecule has 2 heterocycles. The Hall–Kier alpha value is -2.95. The SMILES string of the molecule is CCCCc1ccc(NC(=O)c2cnc3cccc(C)n3c2=O)cc1. The number of aromatic nitrogens is 2. The third-order valence-electron chi connectivity index (χ3n) is 4.20. The molecule has 0 unspecified atom stereocenters. The minimum absolute atomic E-state index is 0.0295. The summed E-state index contributed by atoms with van der Waals surface area (Å²) >= 11 is 0. The van der Waals surface area contributed by atoms with Crippen LogP contribution in [0, 0.1) is 6.92 Å². The summed E-state index contributed by atoms with van der Waals surface area (Å²) in [6.45, 7) is 3.97. The number of unbranched alkanes of at least 4 members (excludes halogenated alkanes) is 1. The molecule has 0 bridgehead atoms. The summed E-state index contributed by atoms with van der Waals surface area (Å²) in [5, 5.41) is 2.77. The molecule has 0 aliphatic heterocycles. The van der Waals surface area contributed by atoms with Crippen LogP contribution in [0.1, 0.15) is 41.4 Å².